The SMILES string of the molecule is Cc1cccc(C)c1NS(=O)(=O)c1ccc2c(c1)C1C=CCC1C(c1ccc(Cl)cc1)N2. The van der Waals surface area contributed by atoms with Gasteiger partial charge in [0.25, 0.3) is 10.0 Å². The van der Waals surface area contributed by atoms with Gasteiger partial charge in [-0.15, -0.1) is 0 Å². The molecule has 1 aliphatic carbocycles. The molecule has 164 valence electrons. The minimum Gasteiger partial charge on any atom is -0.378 e. The number of para-hydroxylation sites is 1. The molecule has 0 fully saturated rings. The average molecular weight is 465 g/mol. The molecule has 3 unspecified atom stereocenters. The monoisotopic (exact) mass is 464 g/mol. The number of allylic oxidation sites excluding steroid dienone is 2. The van der Waals surface area contributed by atoms with Crippen LogP contribution < -0.4 is 10.0 Å². The van der Waals surface area contributed by atoms with Gasteiger partial charge in [-0.2, -0.15) is 0 Å². The van der Waals surface area contributed by atoms with Crippen molar-refractivity contribution in [3.05, 3.63) is 100 Å². The quantitative estimate of drug-likeness (QED) is 0.428. The summed E-state index contributed by atoms with van der Waals surface area (Å²) in [4.78, 5) is 0.282. The molecule has 6 heteroatoms. The molecule has 0 bridgehead atoms. The van der Waals surface area contributed by atoms with Crippen LogP contribution >= 0.6 is 11.6 Å². The fraction of sp³-hybridized carbons (Fsp3) is 0.231. The predicted molar refractivity (Wildman–Crippen MR) is 131 cm³/mol. The van der Waals surface area contributed by atoms with Gasteiger partial charge >= 0.3 is 0 Å². The summed E-state index contributed by atoms with van der Waals surface area (Å²) in [6, 6.07) is 19.2. The molecule has 32 heavy (non-hydrogen) atoms. The van der Waals surface area contributed by atoms with Crippen molar-refractivity contribution < 1.29 is 8.42 Å². The van der Waals surface area contributed by atoms with Gasteiger partial charge in [0.05, 0.1) is 16.6 Å². The third-order valence-electron chi connectivity index (χ3n) is 6.59. The van der Waals surface area contributed by atoms with E-state index in [1.54, 1.807) is 6.07 Å². The number of benzene rings is 3. The molecule has 2 aliphatic rings. The number of fused-ring (bicyclic) bond motifs is 3. The van der Waals surface area contributed by atoms with Crippen molar-refractivity contribution in [2.75, 3.05) is 10.0 Å². The van der Waals surface area contributed by atoms with Crippen molar-refractivity contribution in [1.29, 1.82) is 0 Å². The third-order valence-corrected chi connectivity index (χ3v) is 8.19. The summed E-state index contributed by atoms with van der Waals surface area (Å²) < 4.78 is 29.3. The van der Waals surface area contributed by atoms with E-state index in [1.165, 1.54) is 5.56 Å². The number of nitrogens with one attached hydrogen (secondary N) is 2. The number of hydrogen-bond donors (Lipinski definition) is 2. The first-order chi connectivity index (χ1) is 15.3. The Kier molecular flexibility index (Phi) is 5.26. The van der Waals surface area contributed by atoms with E-state index in [0.717, 1.165) is 33.8 Å². The third kappa shape index (κ3) is 3.70. The number of rotatable bonds is 4. The maximum atomic E-state index is 13.2. The highest BCUT2D eigenvalue weighted by atomic mass is 35.5. The summed E-state index contributed by atoms with van der Waals surface area (Å²) in [7, 11) is -3.71. The summed E-state index contributed by atoms with van der Waals surface area (Å²) in [5.74, 6) is 0.496. The Morgan fingerprint density at radius 3 is 2.44 bits per heavy atom. The summed E-state index contributed by atoms with van der Waals surface area (Å²) in [5, 5.41) is 4.37. The zero-order valence-corrected chi connectivity index (χ0v) is 19.5. The molecular formula is C26H25ClN2O2S. The normalized spacial score (nSPS) is 21.5. The predicted octanol–water partition coefficient (Wildman–Crippen LogP) is 6.58. The van der Waals surface area contributed by atoms with Gasteiger partial charge in [-0.25, -0.2) is 8.42 Å². The van der Waals surface area contributed by atoms with Crippen LogP contribution in [-0.4, -0.2) is 8.42 Å². The fourth-order valence-corrected chi connectivity index (χ4v) is 6.27. The standard InChI is InChI=1S/C26H25ClN2O2S/c1-16-5-3-6-17(2)25(16)29-32(30,31)20-13-14-24-23(15-20)21-7-4-8-22(21)26(28-24)18-9-11-19(27)12-10-18/h3-7,9-15,21-22,26,28-29H,8H2,1-2H3. The molecule has 0 amide bonds. The van der Waals surface area contributed by atoms with Crippen LogP contribution in [0.5, 0.6) is 0 Å². The zero-order valence-electron chi connectivity index (χ0n) is 18.0. The molecule has 0 saturated heterocycles. The first-order valence-corrected chi connectivity index (χ1v) is 12.6. The smallest absolute Gasteiger partial charge is 0.261 e. The number of anilines is 2. The lowest BCUT2D eigenvalue weighted by molar-refractivity contribution is 0.425. The van der Waals surface area contributed by atoms with Crippen molar-refractivity contribution in [1.82, 2.24) is 0 Å². The van der Waals surface area contributed by atoms with E-state index >= 15 is 0 Å². The molecule has 0 saturated carbocycles. The number of halogens is 1. The number of aryl methyl sites for hydroxylation is 2. The topological polar surface area (TPSA) is 58.2 Å². The van der Waals surface area contributed by atoms with Crippen LogP contribution in [-0.2, 0) is 10.0 Å². The maximum absolute atomic E-state index is 13.2. The Morgan fingerprint density at radius 1 is 1.00 bits per heavy atom. The first kappa shape index (κ1) is 21.1. The van der Waals surface area contributed by atoms with Gasteiger partial charge < -0.3 is 5.32 Å². The van der Waals surface area contributed by atoms with E-state index in [9.17, 15) is 8.42 Å². The molecule has 3 aromatic rings. The summed E-state index contributed by atoms with van der Waals surface area (Å²) >= 11 is 6.08. The average Bonchev–Trinajstić information content (AvgIpc) is 3.26. The number of hydrogen-bond acceptors (Lipinski definition) is 3. The van der Waals surface area contributed by atoms with Crippen LogP contribution in [0.4, 0.5) is 11.4 Å². The molecule has 4 nitrogen and oxygen atoms in total. The summed E-state index contributed by atoms with van der Waals surface area (Å²) in [5.41, 5.74) is 5.63. The highest BCUT2D eigenvalue weighted by Gasteiger charge is 2.38. The Bertz CT molecular complexity index is 1300. The van der Waals surface area contributed by atoms with Crippen LogP contribution in [0.1, 0.15) is 40.6 Å². The van der Waals surface area contributed by atoms with Crippen LogP contribution in [0.3, 0.4) is 0 Å². The van der Waals surface area contributed by atoms with E-state index < -0.39 is 10.0 Å². The second kappa shape index (κ2) is 7.98. The molecular weight excluding hydrogens is 440 g/mol. The van der Waals surface area contributed by atoms with Crippen molar-refractivity contribution in [3.63, 3.8) is 0 Å². The molecule has 3 atom stereocenters. The van der Waals surface area contributed by atoms with Gasteiger partial charge in [-0.3, -0.25) is 4.72 Å². The van der Waals surface area contributed by atoms with Gasteiger partial charge in [0.2, 0.25) is 0 Å². The molecule has 3 aromatic carbocycles. The number of sulfonamides is 1. The van der Waals surface area contributed by atoms with Crippen molar-refractivity contribution in [3.8, 4) is 0 Å². The highest BCUT2D eigenvalue weighted by molar-refractivity contribution is 7.92. The minimum absolute atomic E-state index is 0.148. The Balaban J connectivity index is 1.50. The summed E-state index contributed by atoms with van der Waals surface area (Å²) in [6.45, 7) is 3.82. The zero-order chi connectivity index (χ0) is 22.5. The first-order valence-electron chi connectivity index (χ1n) is 10.7. The Morgan fingerprint density at radius 2 is 1.72 bits per heavy atom. The van der Waals surface area contributed by atoms with E-state index in [2.05, 4.69) is 34.3 Å². The molecule has 0 aromatic heterocycles. The van der Waals surface area contributed by atoms with E-state index in [1.807, 2.05) is 56.3 Å². The maximum Gasteiger partial charge on any atom is 0.261 e. The Labute approximate surface area is 194 Å². The Hall–Kier alpha value is -2.76. The van der Waals surface area contributed by atoms with Crippen molar-refractivity contribution in [2.24, 2.45) is 5.92 Å². The second-order valence-electron chi connectivity index (χ2n) is 8.65. The summed E-state index contributed by atoms with van der Waals surface area (Å²) in [6.07, 6.45) is 5.36. The molecule has 0 radical (unpaired) electrons. The molecule has 1 aliphatic heterocycles. The lowest BCUT2D eigenvalue weighted by atomic mass is 9.77. The van der Waals surface area contributed by atoms with Gasteiger partial charge in [-0.05, 0) is 78.8 Å². The molecule has 5 rings (SSSR count). The highest BCUT2D eigenvalue weighted by Crippen LogP contribution is 2.50. The van der Waals surface area contributed by atoms with Gasteiger partial charge in [-0.1, -0.05) is 54.1 Å². The van der Waals surface area contributed by atoms with E-state index in [4.69, 9.17) is 11.6 Å². The van der Waals surface area contributed by atoms with Crippen molar-refractivity contribution in [2.45, 2.75) is 37.1 Å². The molecule has 1 heterocycles. The van der Waals surface area contributed by atoms with Crippen LogP contribution in [0.25, 0.3) is 0 Å². The largest absolute Gasteiger partial charge is 0.378 e. The minimum atomic E-state index is -3.71. The van der Waals surface area contributed by atoms with Gasteiger partial charge in [0.1, 0.15) is 0 Å². The van der Waals surface area contributed by atoms with Crippen LogP contribution in [0, 0.1) is 19.8 Å². The fourth-order valence-electron chi connectivity index (χ4n) is 4.91. The lowest BCUT2D eigenvalue weighted by Crippen LogP contribution is -2.29. The van der Waals surface area contributed by atoms with Gasteiger partial charge in [0.15, 0.2) is 0 Å². The van der Waals surface area contributed by atoms with E-state index in [0.29, 0.717) is 11.6 Å². The lowest BCUT2D eigenvalue weighted by Gasteiger charge is -2.37. The molecule has 2 N–H and O–H groups in total. The van der Waals surface area contributed by atoms with E-state index in [-0.39, 0.29) is 16.9 Å². The van der Waals surface area contributed by atoms with Crippen molar-refractivity contribution >= 4 is 33.0 Å². The second-order valence-corrected chi connectivity index (χ2v) is 10.8. The molecule has 0 spiro atoms. The van der Waals surface area contributed by atoms with Crippen LogP contribution in [0.2, 0.25) is 5.02 Å². The van der Waals surface area contributed by atoms with Gasteiger partial charge in [0, 0.05) is 16.6 Å². The van der Waals surface area contributed by atoms with Crippen LogP contribution in [0.15, 0.2) is 77.7 Å².